The number of ether oxygens (including phenoxy) is 1. The number of carboxylic acids is 1. The maximum Gasteiger partial charge on any atom is 0.490 e. The number of hydrogen-bond acceptors (Lipinski definition) is 5. The van der Waals surface area contributed by atoms with Crippen LogP contribution in [0.2, 0.25) is 0 Å². The summed E-state index contributed by atoms with van der Waals surface area (Å²) in [6, 6.07) is 6.63. The lowest BCUT2D eigenvalue weighted by Crippen LogP contribution is -2.28. The number of carbonyl (C=O) groups is 1. The quantitative estimate of drug-likeness (QED) is 0.800. The van der Waals surface area contributed by atoms with Gasteiger partial charge in [-0.25, -0.2) is 9.48 Å². The Balaban J connectivity index is 0.000000370. The maximum absolute atomic E-state index is 10.6. The summed E-state index contributed by atoms with van der Waals surface area (Å²) in [5.74, 6) is -2.33. The monoisotopic (exact) mass is 414 g/mol. The molecule has 0 bridgehead atoms. The van der Waals surface area contributed by atoms with Crippen molar-refractivity contribution in [2.45, 2.75) is 46.6 Å². The van der Waals surface area contributed by atoms with Crippen LogP contribution in [0.5, 0.6) is 0 Å². The second-order valence-corrected chi connectivity index (χ2v) is 7.04. The summed E-state index contributed by atoms with van der Waals surface area (Å²) in [4.78, 5) is 8.90. The molecule has 1 aliphatic rings. The molecule has 0 aliphatic carbocycles. The van der Waals surface area contributed by atoms with Gasteiger partial charge in [0.2, 0.25) is 0 Å². The molecule has 3 rings (SSSR count). The number of aliphatic carboxylic acids is 1. The Morgan fingerprint density at radius 1 is 1.31 bits per heavy atom. The van der Waals surface area contributed by atoms with Gasteiger partial charge in [0.1, 0.15) is 0 Å². The van der Waals surface area contributed by atoms with Gasteiger partial charge in [-0.3, -0.25) is 0 Å². The zero-order valence-corrected chi connectivity index (χ0v) is 16.6. The molecule has 0 spiro atoms. The van der Waals surface area contributed by atoms with Crippen molar-refractivity contribution in [3.8, 4) is 0 Å². The minimum atomic E-state index is -5.08. The Kier molecular flexibility index (Phi) is 7.74. The van der Waals surface area contributed by atoms with Gasteiger partial charge in [-0.15, -0.1) is 5.10 Å². The van der Waals surface area contributed by atoms with Crippen LogP contribution in [0.3, 0.4) is 0 Å². The van der Waals surface area contributed by atoms with Crippen molar-refractivity contribution in [3.05, 3.63) is 46.3 Å². The van der Waals surface area contributed by atoms with E-state index in [2.05, 4.69) is 47.7 Å². The van der Waals surface area contributed by atoms with Gasteiger partial charge in [-0.2, -0.15) is 13.2 Å². The first kappa shape index (κ1) is 22.8. The summed E-state index contributed by atoms with van der Waals surface area (Å²) in [5.41, 5.74) is 6.10. The molecule has 160 valence electrons. The second-order valence-electron chi connectivity index (χ2n) is 7.04. The molecule has 0 saturated heterocycles. The zero-order valence-electron chi connectivity index (χ0n) is 16.6. The minimum absolute atomic E-state index is 0.425. The smallest absolute Gasteiger partial charge is 0.475 e. The number of hydrogen-bond donors (Lipinski definition) is 2. The molecule has 2 N–H and O–H groups in total. The highest BCUT2D eigenvalue weighted by atomic mass is 19.4. The van der Waals surface area contributed by atoms with Gasteiger partial charge in [-0.05, 0) is 37.5 Å². The molecule has 1 aromatic heterocycles. The third kappa shape index (κ3) is 6.82. The van der Waals surface area contributed by atoms with Crippen LogP contribution >= 0.6 is 0 Å². The van der Waals surface area contributed by atoms with E-state index in [1.54, 1.807) is 0 Å². The fraction of sp³-hybridized carbons (Fsp3) is 0.526. The Bertz CT molecular complexity index is 837. The Morgan fingerprint density at radius 2 is 2.00 bits per heavy atom. The Labute approximate surface area is 166 Å². The molecule has 2 aromatic rings. The van der Waals surface area contributed by atoms with E-state index in [4.69, 9.17) is 14.6 Å². The topological polar surface area (TPSA) is 89.3 Å². The number of fused-ring (bicyclic) bond motifs is 1. The molecule has 7 nitrogen and oxygen atoms in total. The number of rotatable bonds is 4. The average Bonchev–Trinajstić information content (AvgIpc) is 2.86. The van der Waals surface area contributed by atoms with Crippen molar-refractivity contribution in [3.63, 3.8) is 0 Å². The van der Waals surface area contributed by atoms with E-state index in [0.717, 1.165) is 37.6 Å². The summed E-state index contributed by atoms with van der Waals surface area (Å²) in [5, 5.41) is 19.0. The lowest BCUT2D eigenvalue weighted by Gasteiger charge is -2.15. The van der Waals surface area contributed by atoms with Crippen LogP contribution in [0.15, 0.2) is 18.2 Å². The van der Waals surface area contributed by atoms with Crippen molar-refractivity contribution in [2.75, 3.05) is 13.2 Å². The highest BCUT2D eigenvalue weighted by Gasteiger charge is 2.38. The summed E-state index contributed by atoms with van der Waals surface area (Å²) >= 11 is 0. The van der Waals surface area contributed by atoms with Gasteiger partial charge in [0.05, 0.1) is 24.6 Å². The standard InChI is InChI=1S/C17H24N4O.C2HF3O2/c1-12-4-5-15(6-13(12)2)7-18-8-16-9-21-17(11-22-10-16)14(3)19-20-21;3-2(4,5)1(6)7/h4-6,16,18H,7-11H2,1-3H3;(H,6,7). The highest BCUT2D eigenvalue weighted by Crippen LogP contribution is 2.15. The van der Waals surface area contributed by atoms with Crippen molar-refractivity contribution < 1.29 is 27.8 Å². The molecule has 0 fully saturated rings. The number of benzene rings is 1. The fourth-order valence-corrected chi connectivity index (χ4v) is 2.82. The number of nitrogens with zero attached hydrogens (tertiary/aromatic N) is 3. The van der Waals surface area contributed by atoms with Crippen LogP contribution in [-0.4, -0.2) is 45.4 Å². The molecule has 0 saturated carbocycles. The van der Waals surface area contributed by atoms with Gasteiger partial charge in [0, 0.05) is 25.6 Å². The third-order valence-corrected chi connectivity index (χ3v) is 4.63. The zero-order chi connectivity index (χ0) is 21.6. The van der Waals surface area contributed by atoms with Crippen molar-refractivity contribution in [2.24, 2.45) is 5.92 Å². The molecule has 10 heteroatoms. The van der Waals surface area contributed by atoms with Crippen LogP contribution in [0, 0.1) is 26.7 Å². The molecule has 1 aliphatic heterocycles. The number of aryl methyl sites for hydroxylation is 3. The van der Waals surface area contributed by atoms with E-state index >= 15 is 0 Å². The van der Waals surface area contributed by atoms with E-state index in [9.17, 15) is 13.2 Å². The van der Waals surface area contributed by atoms with Gasteiger partial charge in [0.15, 0.2) is 0 Å². The Morgan fingerprint density at radius 3 is 2.62 bits per heavy atom. The van der Waals surface area contributed by atoms with Crippen LogP contribution in [-0.2, 0) is 29.2 Å². The number of alkyl halides is 3. The molecular formula is C19H25F3N4O3. The van der Waals surface area contributed by atoms with E-state index in [-0.39, 0.29) is 0 Å². The van der Waals surface area contributed by atoms with Crippen molar-refractivity contribution in [1.82, 2.24) is 20.3 Å². The molecule has 1 aromatic carbocycles. The summed E-state index contributed by atoms with van der Waals surface area (Å²) < 4.78 is 39.5. The van der Waals surface area contributed by atoms with Crippen LogP contribution in [0.1, 0.15) is 28.1 Å². The lowest BCUT2D eigenvalue weighted by molar-refractivity contribution is -0.192. The third-order valence-electron chi connectivity index (χ3n) is 4.63. The van der Waals surface area contributed by atoms with Crippen molar-refractivity contribution >= 4 is 5.97 Å². The van der Waals surface area contributed by atoms with Crippen molar-refractivity contribution in [1.29, 1.82) is 0 Å². The minimum Gasteiger partial charge on any atom is -0.475 e. The first-order valence-electron chi connectivity index (χ1n) is 9.11. The molecular weight excluding hydrogens is 389 g/mol. The lowest BCUT2D eigenvalue weighted by atomic mass is 10.1. The van der Waals surface area contributed by atoms with Gasteiger partial charge < -0.3 is 15.2 Å². The van der Waals surface area contributed by atoms with E-state index in [0.29, 0.717) is 12.5 Å². The number of carboxylic acid groups (broad SMARTS) is 1. The first-order valence-corrected chi connectivity index (χ1v) is 9.11. The number of halogens is 3. The van der Waals surface area contributed by atoms with Crippen LogP contribution in [0.4, 0.5) is 13.2 Å². The fourth-order valence-electron chi connectivity index (χ4n) is 2.82. The molecule has 0 radical (unpaired) electrons. The molecule has 1 atom stereocenters. The maximum atomic E-state index is 10.6. The van der Waals surface area contributed by atoms with E-state index in [1.807, 2.05) is 11.6 Å². The number of nitrogens with one attached hydrogen (secondary N) is 1. The Hall–Kier alpha value is -2.46. The average molecular weight is 414 g/mol. The summed E-state index contributed by atoms with van der Waals surface area (Å²) in [7, 11) is 0. The highest BCUT2D eigenvalue weighted by molar-refractivity contribution is 5.73. The first-order chi connectivity index (χ1) is 13.6. The van der Waals surface area contributed by atoms with Gasteiger partial charge >= 0.3 is 12.1 Å². The summed E-state index contributed by atoms with van der Waals surface area (Å²) in [6.45, 7) is 10.4. The predicted octanol–water partition coefficient (Wildman–Crippen LogP) is 2.77. The molecule has 1 unspecified atom stereocenters. The largest absolute Gasteiger partial charge is 0.490 e. The van der Waals surface area contributed by atoms with E-state index < -0.39 is 12.1 Å². The van der Waals surface area contributed by atoms with Crippen LogP contribution < -0.4 is 5.32 Å². The molecule has 0 amide bonds. The normalized spacial score (nSPS) is 16.4. The summed E-state index contributed by atoms with van der Waals surface area (Å²) in [6.07, 6.45) is -5.08. The van der Waals surface area contributed by atoms with Crippen LogP contribution in [0.25, 0.3) is 0 Å². The molecule has 2 heterocycles. The second kappa shape index (κ2) is 9.84. The molecule has 29 heavy (non-hydrogen) atoms. The SMILES string of the molecule is Cc1ccc(CNCC2COCc3c(C)nnn3C2)cc1C.O=C(O)C(F)(F)F. The van der Waals surface area contributed by atoms with Gasteiger partial charge in [-0.1, -0.05) is 23.4 Å². The van der Waals surface area contributed by atoms with E-state index in [1.165, 1.54) is 16.7 Å². The predicted molar refractivity (Wildman–Crippen MR) is 99.2 cm³/mol. The number of aromatic nitrogens is 3. The van der Waals surface area contributed by atoms with Gasteiger partial charge in [0.25, 0.3) is 0 Å².